The lowest BCUT2D eigenvalue weighted by Crippen LogP contribution is -2.27. The molecule has 0 amide bonds. The number of rotatable bonds is 2. The maximum atomic E-state index is 3.97. The molecule has 1 aromatic rings. The first kappa shape index (κ1) is 8.62. The van der Waals surface area contributed by atoms with E-state index in [0.29, 0.717) is 6.04 Å². The van der Waals surface area contributed by atoms with Crippen molar-refractivity contribution in [1.82, 2.24) is 25.1 Å². The van der Waals surface area contributed by atoms with Gasteiger partial charge >= 0.3 is 0 Å². The molecule has 1 atom stereocenters. The van der Waals surface area contributed by atoms with Crippen LogP contribution in [0.15, 0.2) is 0 Å². The molecule has 5 heteroatoms. The van der Waals surface area contributed by atoms with Gasteiger partial charge in [0.1, 0.15) is 0 Å². The van der Waals surface area contributed by atoms with Gasteiger partial charge in [0.05, 0.1) is 6.54 Å². The van der Waals surface area contributed by atoms with E-state index in [2.05, 4.69) is 27.3 Å². The molecule has 0 bridgehead atoms. The van der Waals surface area contributed by atoms with E-state index in [1.807, 2.05) is 7.05 Å². The largest absolute Gasteiger partial charge is 0.293 e. The summed E-state index contributed by atoms with van der Waals surface area (Å²) in [6.07, 6.45) is 2.59. The fourth-order valence-corrected chi connectivity index (χ4v) is 1.79. The molecule has 1 aliphatic heterocycles. The number of likely N-dealkylation sites (tertiary alicyclic amines) is 1. The maximum Gasteiger partial charge on any atom is 0.164 e. The van der Waals surface area contributed by atoms with Crippen LogP contribution < -0.4 is 0 Å². The van der Waals surface area contributed by atoms with Crippen molar-refractivity contribution in [3.05, 3.63) is 5.82 Å². The highest BCUT2D eigenvalue weighted by molar-refractivity contribution is 4.84. The van der Waals surface area contributed by atoms with E-state index in [1.165, 1.54) is 19.4 Å². The van der Waals surface area contributed by atoms with Crippen LogP contribution in [0.25, 0.3) is 0 Å². The molecule has 0 saturated carbocycles. The average molecular weight is 181 g/mol. The van der Waals surface area contributed by atoms with Gasteiger partial charge in [0, 0.05) is 13.1 Å². The zero-order valence-electron chi connectivity index (χ0n) is 8.14. The Morgan fingerprint density at radius 2 is 2.38 bits per heavy atom. The lowest BCUT2D eigenvalue weighted by Gasteiger charge is -2.19. The van der Waals surface area contributed by atoms with Crippen molar-refractivity contribution < 1.29 is 0 Å². The molecule has 0 aromatic carbocycles. The van der Waals surface area contributed by atoms with Gasteiger partial charge in [-0.25, -0.2) is 4.68 Å². The van der Waals surface area contributed by atoms with Gasteiger partial charge in [-0.05, 0) is 36.7 Å². The number of hydrogen-bond donors (Lipinski definition) is 0. The van der Waals surface area contributed by atoms with Crippen LogP contribution >= 0.6 is 0 Å². The van der Waals surface area contributed by atoms with E-state index >= 15 is 0 Å². The summed E-state index contributed by atoms with van der Waals surface area (Å²) in [5, 5.41) is 11.4. The highest BCUT2D eigenvalue weighted by atomic mass is 15.5. The fourth-order valence-electron chi connectivity index (χ4n) is 1.79. The van der Waals surface area contributed by atoms with Crippen LogP contribution in [-0.2, 0) is 13.6 Å². The molecule has 1 aliphatic rings. The Morgan fingerprint density at radius 1 is 1.54 bits per heavy atom. The topological polar surface area (TPSA) is 46.8 Å². The van der Waals surface area contributed by atoms with Crippen molar-refractivity contribution in [2.75, 3.05) is 6.54 Å². The van der Waals surface area contributed by atoms with Gasteiger partial charge in [-0.15, -0.1) is 5.10 Å². The summed E-state index contributed by atoms with van der Waals surface area (Å²) in [7, 11) is 1.88. The summed E-state index contributed by atoms with van der Waals surface area (Å²) < 4.78 is 1.74. The Labute approximate surface area is 77.7 Å². The average Bonchev–Trinajstić information content (AvgIpc) is 2.65. The van der Waals surface area contributed by atoms with Gasteiger partial charge in [0.2, 0.25) is 0 Å². The van der Waals surface area contributed by atoms with Gasteiger partial charge in [-0.1, -0.05) is 0 Å². The summed E-state index contributed by atoms with van der Waals surface area (Å²) in [6.45, 7) is 4.31. The predicted octanol–water partition coefficient (Wildman–Crippen LogP) is 0.194. The summed E-state index contributed by atoms with van der Waals surface area (Å²) >= 11 is 0. The van der Waals surface area contributed by atoms with Crippen molar-refractivity contribution >= 4 is 0 Å². The highest BCUT2D eigenvalue weighted by Crippen LogP contribution is 2.17. The number of tetrazole rings is 1. The number of nitrogens with zero attached hydrogens (tertiary/aromatic N) is 5. The molecule has 1 saturated heterocycles. The van der Waals surface area contributed by atoms with Crippen LogP contribution in [-0.4, -0.2) is 37.7 Å². The number of hydrogen-bond acceptors (Lipinski definition) is 4. The third-order valence-electron chi connectivity index (χ3n) is 2.74. The minimum atomic E-state index is 0.678. The van der Waals surface area contributed by atoms with E-state index in [4.69, 9.17) is 0 Å². The van der Waals surface area contributed by atoms with Crippen LogP contribution in [0.4, 0.5) is 0 Å². The predicted molar refractivity (Wildman–Crippen MR) is 47.9 cm³/mol. The molecular weight excluding hydrogens is 166 g/mol. The third-order valence-corrected chi connectivity index (χ3v) is 2.74. The summed E-state index contributed by atoms with van der Waals surface area (Å²) in [4.78, 5) is 2.42. The van der Waals surface area contributed by atoms with Crippen LogP contribution in [0, 0.1) is 0 Å². The van der Waals surface area contributed by atoms with Crippen LogP contribution in [0.1, 0.15) is 25.6 Å². The van der Waals surface area contributed by atoms with Gasteiger partial charge in [0.25, 0.3) is 0 Å². The second-order valence-electron chi connectivity index (χ2n) is 3.68. The van der Waals surface area contributed by atoms with E-state index in [-0.39, 0.29) is 0 Å². The Morgan fingerprint density at radius 3 is 2.92 bits per heavy atom. The van der Waals surface area contributed by atoms with Crippen molar-refractivity contribution in [2.24, 2.45) is 7.05 Å². The molecule has 0 N–H and O–H groups in total. The standard InChI is InChI=1S/C8H15N5/c1-7-4-3-5-13(7)6-8-9-10-11-12(8)2/h7H,3-6H2,1-2H3. The minimum Gasteiger partial charge on any atom is -0.293 e. The molecule has 2 rings (SSSR count). The fraction of sp³-hybridized carbons (Fsp3) is 0.875. The SMILES string of the molecule is CC1CCCN1Cc1nnnn1C. The monoisotopic (exact) mass is 181 g/mol. The summed E-state index contributed by atoms with van der Waals surface area (Å²) in [5.41, 5.74) is 0. The Bertz CT molecular complexity index is 282. The molecule has 1 fully saturated rings. The van der Waals surface area contributed by atoms with Gasteiger partial charge in [-0.2, -0.15) is 0 Å². The molecule has 1 aromatic heterocycles. The highest BCUT2D eigenvalue weighted by Gasteiger charge is 2.21. The van der Waals surface area contributed by atoms with Crippen molar-refractivity contribution in [1.29, 1.82) is 0 Å². The molecule has 13 heavy (non-hydrogen) atoms. The molecule has 72 valence electrons. The van der Waals surface area contributed by atoms with Gasteiger partial charge in [-0.3, -0.25) is 4.90 Å². The first-order valence-electron chi connectivity index (χ1n) is 4.72. The number of aromatic nitrogens is 4. The zero-order valence-corrected chi connectivity index (χ0v) is 8.14. The molecule has 0 spiro atoms. The van der Waals surface area contributed by atoms with E-state index in [1.54, 1.807) is 4.68 Å². The van der Waals surface area contributed by atoms with Gasteiger partial charge in [0.15, 0.2) is 5.82 Å². The molecule has 2 heterocycles. The van der Waals surface area contributed by atoms with Crippen LogP contribution in [0.2, 0.25) is 0 Å². The van der Waals surface area contributed by atoms with Crippen LogP contribution in [0.5, 0.6) is 0 Å². The van der Waals surface area contributed by atoms with E-state index < -0.39 is 0 Å². The molecule has 1 unspecified atom stereocenters. The van der Waals surface area contributed by atoms with Crippen molar-refractivity contribution in [3.8, 4) is 0 Å². The Kier molecular flexibility index (Phi) is 2.26. The first-order chi connectivity index (χ1) is 6.27. The van der Waals surface area contributed by atoms with Crippen molar-refractivity contribution in [3.63, 3.8) is 0 Å². The normalized spacial score (nSPS) is 24.0. The molecular formula is C8H15N5. The third kappa shape index (κ3) is 1.70. The quantitative estimate of drug-likeness (QED) is 0.653. The zero-order chi connectivity index (χ0) is 9.26. The Hall–Kier alpha value is -0.970. The minimum absolute atomic E-state index is 0.678. The Balaban J connectivity index is 2.01. The lowest BCUT2D eigenvalue weighted by molar-refractivity contribution is 0.250. The van der Waals surface area contributed by atoms with Crippen LogP contribution in [0.3, 0.4) is 0 Å². The molecule has 0 radical (unpaired) electrons. The van der Waals surface area contributed by atoms with E-state index in [0.717, 1.165) is 12.4 Å². The van der Waals surface area contributed by atoms with Gasteiger partial charge < -0.3 is 0 Å². The number of aryl methyl sites for hydroxylation is 1. The molecule has 5 nitrogen and oxygen atoms in total. The van der Waals surface area contributed by atoms with E-state index in [9.17, 15) is 0 Å². The molecule has 0 aliphatic carbocycles. The summed E-state index contributed by atoms with van der Waals surface area (Å²) in [6, 6.07) is 0.678. The van der Waals surface area contributed by atoms with Crippen molar-refractivity contribution in [2.45, 2.75) is 32.4 Å². The summed E-state index contributed by atoms with van der Waals surface area (Å²) in [5.74, 6) is 0.953. The lowest BCUT2D eigenvalue weighted by atomic mass is 10.2. The second-order valence-corrected chi connectivity index (χ2v) is 3.68. The first-order valence-corrected chi connectivity index (χ1v) is 4.72. The second kappa shape index (κ2) is 3.41. The smallest absolute Gasteiger partial charge is 0.164 e. The maximum absolute atomic E-state index is 3.97.